The number of aromatic nitrogens is 1. The van der Waals surface area contributed by atoms with Crippen molar-refractivity contribution >= 4 is 33.3 Å². The molecule has 1 heterocycles. The van der Waals surface area contributed by atoms with Gasteiger partial charge in [0.2, 0.25) is 0 Å². The maximum Gasteiger partial charge on any atom is 0.178 e. The van der Waals surface area contributed by atoms with Crippen LogP contribution in [0.2, 0.25) is 5.02 Å². The molecule has 0 aliphatic heterocycles. The lowest BCUT2D eigenvalue weighted by Crippen LogP contribution is -1.89. The number of nitrogen functional groups attached to an aromatic ring is 1. The van der Waals surface area contributed by atoms with Gasteiger partial charge >= 0.3 is 0 Å². The summed E-state index contributed by atoms with van der Waals surface area (Å²) in [4.78, 5) is 0. The van der Waals surface area contributed by atoms with Gasteiger partial charge in [0.1, 0.15) is 0 Å². The van der Waals surface area contributed by atoms with Crippen LogP contribution in [0.25, 0.3) is 22.5 Å². The molecule has 3 aromatic rings. The first-order valence-electron chi connectivity index (χ1n) is 6.34. The summed E-state index contributed by atoms with van der Waals surface area (Å²) in [6, 6.07) is 13.4. The number of anilines is 1. The molecular formula is C16H12BrClN2O. The van der Waals surface area contributed by atoms with Crippen molar-refractivity contribution in [2.24, 2.45) is 0 Å². The molecule has 2 N–H and O–H groups in total. The van der Waals surface area contributed by atoms with E-state index >= 15 is 0 Å². The largest absolute Gasteiger partial charge is 0.380 e. The van der Waals surface area contributed by atoms with E-state index < -0.39 is 0 Å². The van der Waals surface area contributed by atoms with Crippen molar-refractivity contribution in [1.29, 1.82) is 0 Å². The average molecular weight is 364 g/mol. The molecule has 0 radical (unpaired) electrons. The van der Waals surface area contributed by atoms with Crippen molar-refractivity contribution in [3.63, 3.8) is 0 Å². The van der Waals surface area contributed by atoms with E-state index in [4.69, 9.17) is 21.9 Å². The second-order valence-corrected chi connectivity index (χ2v) is 5.95. The Morgan fingerprint density at radius 2 is 1.95 bits per heavy atom. The molecule has 0 saturated heterocycles. The molecule has 1 aromatic heterocycles. The molecule has 3 nitrogen and oxygen atoms in total. The van der Waals surface area contributed by atoms with E-state index in [9.17, 15) is 0 Å². The second kappa shape index (κ2) is 5.54. The molecule has 5 heteroatoms. The van der Waals surface area contributed by atoms with Crippen molar-refractivity contribution in [3.05, 3.63) is 57.5 Å². The van der Waals surface area contributed by atoms with Gasteiger partial charge in [0.15, 0.2) is 11.6 Å². The lowest BCUT2D eigenvalue weighted by atomic mass is 10.0. The summed E-state index contributed by atoms with van der Waals surface area (Å²) >= 11 is 9.66. The first-order chi connectivity index (χ1) is 10.1. The summed E-state index contributed by atoms with van der Waals surface area (Å²) in [6.07, 6.45) is 0. The molecule has 0 aliphatic rings. The molecule has 21 heavy (non-hydrogen) atoms. The summed E-state index contributed by atoms with van der Waals surface area (Å²) < 4.78 is 6.43. The van der Waals surface area contributed by atoms with Crippen LogP contribution in [0.1, 0.15) is 5.56 Å². The standard InChI is InChI=1S/C16H12BrClN2O/c1-9-4-2-7-12(14(9)17)15-13(16(19)20-21-15)10-5-3-6-11(18)8-10/h2-8H,1H3,(H2,19,20). The quantitative estimate of drug-likeness (QED) is 0.671. The Morgan fingerprint density at radius 3 is 2.71 bits per heavy atom. The molecule has 0 saturated carbocycles. The van der Waals surface area contributed by atoms with Gasteiger partial charge in [0.25, 0.3) is 0 Å². The summed E-state index contributed by atoms with van der Waals surface area (Å²) in [5.74, 6) is 0.978. The number of benzene rings is 2. The van der Waals surface area contributed by atoms with Crippen LogP contribution < -0.4 is 5.73 Å². The van der Waals surface area contributed by atoms with E-state index in [-0.39, 0.29) is 0 Å². The SMILES string of the molecule is Cc1cccc(-c2onc(N)c2-c2cccc(Cl)c2)c1Br. The highest BCUT2D eigenvalue weighted by Gasteiger charge is 2.20. The predicted octanol–water partition coefficient (Wildman–Crippen LogP) is 5.32. The van der Waals surface area contributed by atoms with Crippen molar-refractivity contribution in [1.82, 2.24) is 5.16 Å². The van der Waals surface area contributed by atoms with Gasteiger partial charge in [-0.1, -0.05) is 41.0 Å². The van der Waals surface area contributed by atoms with Crippen LogP contribution >= 0.6 is 27.5 Å². The molecule has 0 spiro atoms. The third-order valence-corrected chi connectivity index (χ3v) is 4.56. The van der Waals surface area contributed by atoms with Gasteiger partial charge < -0.3 is 10.3 Å². The van der Waals surface area contributed by atoms with Gasteiger partial charge in [-0.15, -0.1) is 0 Å². The zero-order chi connectivity index (χ0) is 15.0. The lowest BCUT2D eigenvalue weighted by Gasteiger charge is -2.07. The van der Waals surface area contributed by atoms with Crippen LogP contribution in [0.15, 0.2) is 51.5 Å². The molecule has 0 unspecified atom stereocenters. The van der Waals surface area contributed by atoms with Crippen LogP contribution in [0, 0.1) is 6.92 Å². The summed E-state index contributed by atoms with van der Waals surface area (Å²) in [7, 11) is 0. The Balaban J connectivity index is 2.24. The minimum Gasteiger partial charge on any atom is -0.380 e. The van der Waals surface area contributed by atoms with E-state index in [2.05, 4.69) is 21.1 Å². The van der Waals surface area contributed by atoms with Crippen molar-refractivity contribution < 1.29 is 4.52 Å². The molecular weight excluding hydrogens is 352 g/mol. The monoisotopic (exact) mass is 362 g/mol. The topological polar surface area (TPSA) is 52.0 Å². The average Bonchev–Trinajstić information content (AvgIpc) is 2.83. The highest BCUT2D eigenvalue weighted by molar-refractivity contribution is 9.10. The van der Waals surface area contributed by atoms with Crippen LogP contribution in [0.3, 0.4) is 0 Å². The fourth-order valence-corrected chi connectivity index (χ4v) is 2.87. The summed E-state index contributed by atoms with van der Waals surface area (Å²) in [5.41, 5.74) is 9.64. The maximum atomic E-state index is 6.07. The highest BCUT2D eigenvalue weighted by atomic mass is 79.9. The second-order valence-electron chi connectivity index (χ2n) is 4.72. The minimum absolute atomic E-state index is 0.348. The number of rotatable bonds is 2. The highest BCUT2D eigenvalue weighted by Crippen LogP contribution is 2.40. The Hall–Kier alpha value is -1.78. The van der Waals surface area contributed by atoms with Gasteiger partial charge in [0, 0.05) is 15.1 Å². The zero-order valence-electron chi connectivity index (χ0n) is 11.2. The third-order valence-electron chi connectivity index (χ3n) is 3.27. The predicted molar refractivity (Wildman–Crippen MR) is 89.2 cm³/mol. The van der Waals surface area contributed by atoms with Gasteiger partial charge in [-0.05, 0) is 52.2 Å². The third kappa shape index (κ3) is 2.57. The minimum atomic E-state index is 0.348. The van der Waals surface area contributed by atoms with Crippen molar-refractivity contribution in [3.8, 4) is 22.5 Å². The normalized spacial score (nSPS) is 10.8. The summed E-state index contributed by atoms with van der Waals surface area (Å²) in [5, 5.41) is 4.55. The molecule has 0 atom stereocenters. The van der Waals surface area contributed by atoms with Crippen LogP contribution in [-0.2, 0) is 0 Å². The fraction of sp³-hybridized carbons (Fsp3) is 0.0625. The number of nitrogens with zero attached hydrogens (tertiary/aromatic N) is 1. The lowest BCUT2D eigenvalue weighted by molar-refractivity contribution is 0.436. The number of nitrogens with two attached hydrogens (primary N) is 1. The summed E-state index contributed by atoms with van der Waals surface area (Å²) in [6.45, 7) is 2.02. The number of hydrogen-bond acceptors (Lipinski definition) is 3. The molecule has 2 aromatic carbocycles. The molecule has 106 valence electrons. The van der Waals surface area contributed by atoms with Gasteiger partial charge in [-0.2, -0.15) is 0 Å². The number of halogens is 2. The molecule has 0 fully saturated rings. The van der Waals surface area contributed by atoms with E-state index in [0.29, 0.717) is 16.6 Å². The van der Waals surface area contributed by atoms with E-state index in [1.54, 1.807) is 0 Å². The molecule has 0 bridgehead atoms. The van der Waals surface area contributed by atoms with Gasteiger partial charge in [-0.3, -0.25) is 0 Å². The van der Waals surface area contributed by atoms with E-state index in [1.165, 1.54) is 0 Å². The molecule has 3 rings (SSSR count). The first-order valence-corrected chi connectivity index (χ1v) is 7.51. The smallest absolute Gasteiger partial charge is 0.178 e. The van der Waals surface area contributed by atoms with Crippen molar-refractivity contribution in [2.75, 3.05) is 5.73 Å². The van der Waals surface area contributed by atoms with Gasteiger partial charge in [-0.25, -0.2) is 0 Å². The molecule has 0 amide bonds. The van der Waals surface area contributed by atoms with Crippen molar-refractivity contribution in [2.45, 2.75) is 6.92 Å². The van der Waals surface area contributed by atoms with Crippen LogP contribution in [0.5, 0.6) is 0 Å². The van der Waals surface area contributed by atoms with E-state index in [0.717, 1.165) is 26.7 Å². The fourth-order valence-electron chi connectivity index (χ4n) is 2.23. The number of aryl methyl sites for hydroxylation is 1. The maximum absolute atomic E-state index is 6.07. The zero-order valence-corrected chi connectivity index (χ0v) is 13.6. The Morgan fingerprint density at radius 1 is 1.19 bits per heavy atom. The van der Waals surface area contributed by atoms with Crippen LogP contribution in [0.4, 0.5) is 5.82 Å². The van der Waals surface area contributed by atoms with Crippen LogP contribution in [-0.4, -0.2) is 5.16 Å². The molecule has 0 aliphatic carbocycles. The van der Waals surface area contributed by atoms with E-state index in [1.807, 2.05) is 49.4 Å². The number of hydrogen-bond donors (Lipinski definition) is 1. The van der Waals surface area contributed by atoms with Gasteiger partial charge in [0.05, 0.1) is 5.56 Å². The first kappa shape index (κ1) is 14.2. The Kier molecular flexibility index (Phi) is 3.74. The Labute approximate surface area is 135 Å². The Bertz CT molecular complexity index is 814.